The summed E-state index contributed by atoms with van der Waals surface area (Å²) in [5.74, 6) is -2.72. The van der Waals surface area contributed by atoms with E-state index in [4.69, 9.17) is 0 Å². The standard InChI is InChI=1S/C11H8BrF6NO3/c1-2-21-9(20)5-3-7(22-11(16,17)18)8(10(13,14)15)6(4-12)19-5/h3H,2,4H2,1H3. The van der Waals surface area contributed by atoms with Crippen molar-refractivity contribution in [2.45, 2.75) is 24.8 Å². The summed E-state index contributed by atoms with van der Waals surface area (Å²) in [6.07, 6.45) is -10.5. The lowest BCUT2D eigenvalue weighted by atomic mass is 10.1. The summed E-state index contributed by atoms with van der Waals surface area (Å²) in [7, 11) is 0. The van der Waals surface area contributed by atoms with Gasteiger partial charge in [-0.15, -0.1) is 13.2 Å². The Bertz CT molecular complexity index is 558. The number of hydrogen-bond acceptors (Lipinski definition) is 4. The van der Waals surface area contributed by atoms with Crippen LogP contribution in [0.3, 0.4) is 0 Å². The second-order valence-corrected chi connectivity index (χ2v) is 4.29. The van der Waals surface area contributed by atoms with Crippen LogP contribution in [-0.4, -0.2) is 23.9 Å². The van der Waals surface area contributed by atoms with Crippen molar-refractivity contribution < 1.29 is 40.6 Å². The van der Waals surface area contributed by atoms with Gasteiger partial charge in [0.1, 0.15) is 11.3 Å². The quantitative estimate of drug-likeness (QED) is 0.438. The van der Waals surface area contributed by atoms with Gasteiger partial charge in [-0.3, -0.25) is 0 Å². The van der Waals surface area contributed by atoms with Crippen LogP contribution >= 0.6 is 15.9 Å². The minimum atomic E-state index is -5.36. The molecule has 0 bridgehead atoms. The van der Waals surface area contributed by atoms with Crippen LogP contribution in [0.1, 0.15) is 28.7 Å². The minimum Gasteiger partial charge on any atom is -0.461 e. The molecule has 11 heteroatoms. The maximum Gasteiger partial charge on any atom is 0.573 e. The zero-order valence-electron chi connectivity index (χ0n) is 10.8. The first kappa shape index (κ1) is 18.5. The maximum absolute atomic E-state index is 12.9. The summed E-state index contributed by atoms with van der Waals surface area (Å²) in [4.78, 5) is 14.9. The molecule has 0 aromatic carbocycles. The number of aromatic nitrogens is 1. The molecule has 0 amide bonds. The van der Waals surface area contributed by atoms with E-state index in [0.29, 0.717) is 0 Å². The molecule has 124 valence electrons. The molecule has 0 spiro atoms. The number of nitrogens with zero attached hydrogens (tertiary/aromatic N) is 1. The zero-order chi connectivity index (χ0) is 17.1. The summed E-state index contributed by atoms with van der Waals surface area (Å²) in [5, 5.41) is -0.538. The average Bonchev–Trinajstić information content (AvgIpc) is 2.34. The second-order valence-electron chi connectivity index (χ2n) is 3.73. The topological polar surface area (TPSA) is 48.4 Å². The number of hydrogen-bond donors (Lipinski definition) is 0. The highest BCUT2D eigenvalue weighted by molar-refractivity contribution is 9.08. The highest BCUT2D eigenvalue weighted by Crippen LogP contribution is 2.41. The molecule has 0 saturated carbocycles. The van der Waals surface area contributed by atoms with E-state index >= 15 is 0 Å². The largest absolute Gasteiger partial charge is 0.573 e. The molecule has 0 unspecified atom stereocenters. The fourth-order valence-electron chi connectivity index (χ4n) is 1.49. The molecule has 0 aliphatic carbocycles. The molecule has 0 aliphatic heterocycles. The monoisotopic (exact) mass is 395 g/mol. The first-order valence-electron chi connectivity index (χ1n) is 5.59. The van der Waals surface area contributed by atoms with Crippen LogP contribution in [0.25, 0.3) is 0 Å². The van der Waals surface area contributed by atoms with Crippen molar-refractivity contribution in [1.82, 2.24) is 4.98 Å². The first-order valence-corrected chi connectivity index (χ1v) is 6.71. The molecule has 22 heavy (non-hydrogen) atoms. The summed E-state index contributed by atoms with van der Waals surface area (Å²) in [6.45, 7) is 1.29. The lowest BCUT2D eigenvalue weighted by Gasteiger charge is -2.18. The molecule has 0 atom stereocenters. The normalized spacial score (nSPS) is 12.2. The number of ether oxygens (including phenoxy) is 2. The van der Waals surface area contributed by atoms with Gasteiger partial charge in [-0.25, -0.2) is 9.78 Å². The van der Waals surface area contributed by atoms with Gasteiger partial charge in [-0.1, -0.05) is 15.9 Å². The smallest absolute Gasteiger partial charge is 0.461 e. The van der Waals surface area contributed by atoms with Crippen LogP contribution < -0.4 is 4.74 Å². The van der Waals surface area contributed by atoms with E-state index in [0.717, 1.165) is 0 Å². The Morgan fingerprint density at radius 2 is 1.86 bits per heavy atom. The Morgan fingerprint density at radius 1 is 1.27 bits per heavy atom. The van der Waals surface area contributed by atoms with Crippen molar-refractivity contribution >= 4 is 21.9 Å². The van der Waals surface area contributed by atoms with E-state index in [1.807, 2.05) is 0 Å². The van der Waals surface area contributed by atoms with Crippen molar-refractivity contribution in [2.24, 2.45) is 0 Å². The third-order valence-corrected chi connectivity index (χ3v) is 2.71. The molecular formula is C11H8BrF6NO3. The van der Waals surface area contributed by atoms with E-state index in [1.165, 1.54) is 6.92 Å². The van der Waals surface area contributed by atoms with Crippen LogP contribution in [-0.2, 0) is 16.2 Å². The Balaban J connectivity index is 3.52. The fourth-order valence-corrected chi connectivity index (χ4v) is 1.89. The van der Waals surface area contributed by atoms with Gasteiger partial charge in [-0.05, 0) is 6.92 Å². The molecule has 0 fully saturated rings. The van der Waals surface area contributed by atoms with Gasteiger partial charge in [0, 0.05) is 11.4 Å². The number of halogens is 7. The van der Waals surface area contributed by atoms with E-state index in [9.17, 15) is 31.1 Å². The first-order chi connectivity index (χ1) is 9.99. The van der Waals surface area contributed by atoms with Crippen molar-refractivity contribution in [2.75, 3.05) is 6.61 Å². The van der Waals surface area contributed by atoms with Gasteiger partial charge in [0.25, 0.3) is 0 Å². The average molecular weight is 396 g/mol. The van der Waals surface area contributed by atoms with Crippen molar-refractivity contribution in [3.05, 3.63) is 23.0 Å². The number of rotatable bonds is 4. The number of carbonyl (C=O) groups excluding carboxylic acids is 1. The number of alkyl halides is 7. The SMILES string of the molecule is CCOC(=O)c1cc(OC(F)(F)F)c(C(F)(F)F)c(CBr)n1. The summed E-state index contributed by atoms with van der Waals surface area (Å²) in [6, 6.07) is 0.250. The van der Waals surface area contributed by atoms with Crippen LogP contribution in [0.2, 0.25) is 0 Å². The van der Waals surface area contributed by atoms with E-state index in [2.05, 4.69) is 30.4 Å². The van der Waals surface area contributed by atoms with Gasteiger partial charge in [0.05, 0.1) is 12.3 Å². The third kappa shape index (κ3) is 4.75. The van der Waals surface area contributed by atoms with Gasteiger partial charge >= 0.3 is 18.5 Å². The van der Waals surface area contributed by atoms with Crippen LogP contribution in [0.15, 0.2) is 6.07 Å². The molecule has 1 heterocycles. The molecule has 1 aromatic heterocycles. The summed E-state index contributed by atoms with van der Waals surface area (Å²) < 4.78 is 83.5. The lowest BCUT2D eigenvalue weighted by molar-refractivity contribution is -0.276. The minimum absolute atomic E-state index is 0.124. The Labute approximate surface area is 128 Å². The molecule has 1 aromatic rings. The van der Waals surface area contributed by atoms with E-state index < -0.39 is 46.5 Å². The molecular weight excluding hydrogens is 388 g/mol. The van der Waals surface area contributed by atoms with Crippen LogP contribution in [0.4, 0.5) is 26.3 Å². The Morgan fingerprint density at radius 3 is 2.27 bits per heavy atom. The highest BCUT2D eigenvalue weighted by Gasteiger charge is 2.42. The maximum atomic E-state index is 12.9. The highest BCUT2D eigenvalue weighted by atomic mass is 79.9. The number of pyridine rings is 1. The van der Waals surface area contributed by atoms with Crippen LogP contribution in [0, 0.1) is 0 Å². The van der Waals surface area contributed by atoms with E-state index in [-0.39, 0.29) is 12.7 Å². The molecule has 0 saturated heterocycles. The van der Waals surface area contributed by atoms with Crippen LogP contribution in [0.5, 0.6) is 5.75 Å². The second kappa shape index (κ2) is 6.71. The lowest BCUT2D eigenvalue weighted by Crippen LogP contribution is -2.23. The van der Waals surface area contributed by atoms with Crippen molar-refractivity contribution in [1.29, 1.82) is 0 Å². The summed E-state index contributed by atoms with van der Waals surface area (Å²) >= 11 is 2.69. The molecule has 0 N–H and O–H groups in total. The predicted molar refractivity (Wildman–Crippen MR) is 64.5 cm³/mol. The van der Waals surface area contributed by atoms with Crippen molar-refractivity contribution in [3.63, 3.8) is 0 Å². The number of esters is 1. The zero-order valence-corrected chi connectivity index (χ0v) is 12.4. The molecule has 4 nitrogen and oxygen atoms in total. The predicted octanol–water partition coefficient (Wildman–Crippen LogP) is 4.07. The molecule has 1 rings (SSSR count). The van der Waals surface area contributed by atoms with Gasteiger partial charge in [0.2, 0.25) is 0 Å². The fraction of sp³-hybridized carbons (Fsp3) is 0.455. The Kier molecular flexibility index (Phi) is 5.65. The molecule has 0 aliphatic rings. The summed E-state index contributed by atoms with van der Waals surface area (Å²) in [5.41, 5.74) is -3.25. The van der Waals surface area contributed by atoms with Gasteiger partial charge in [-0.2, -0.15) is 13.2 Å². The van der Waals surface area contributed by atoms with Gasteiger partial charge in [0.15, 0.2) is 5.69 Å². The third-order valence-electron chi connectivity index (χ3n) is 2.18. The number of carbonyl (C=O) groups is 1. The van der Waals surface area contributed by atoms with Gasteiger partial charge < -0.3 is 9.47 Å². The van der Waals surface area contributed by atoms with Crippen molar-refractivity contribution in [3.8, 4) is 5.75 Å². The molecule has 0 radical (unpaired) electrons. The Hall–Kier alpha value is -1.52. The van der Waals surface area contributed by atoms with E-state index in [1.54, 1.807) is 0 Å².